The number of hydrazine groups is 1. The van der Waals surface area contributed by atoms with Gasteiger partial charge in [-0.1, -0.05) is 29.3 Å². The Labute approximate surface area is 109 Å². The van der Waals surface area contributed by atoms with E-state index in [9.17, 15) is 0 Å². The Morgan fingerprint density at radius 2 is 2.18 bits per heavy atom. The molecule has 1 heterocycles. The van der Waals surface area contributed by atoms with Gasteiger partial charge in [-0.15, -0.1) is 0 Å². The summed E-state index contributed by atoms with van der Waals surface area (Å²) in [6, 6.07) is 5.12. The van der Waals surface area contributed by atoms with Crippen LogP contribution in [0.5, 0.6) is 0 Å². The Morgan fingerprint density at radius 3 is 2.71 bits per heavy atom. The summed E-state index contributed by atoms with van der Waals surface area (Å²) in [5, 5.41) is 5.28. The van der Waals surface area contributed by atoms with Crippen molar-refractivity contribution in [1.82, 2.24) is 15.2 Å². The molecule has 0 aliphatic heterocycles. The number of nitrogens with one attached hydrogen (secondary N) is 1. The number of rotatable bonds is 3. The van der Waals surface area contributed by atoms with Crippen LogP contribution in [-0.4, -0.2) is 9.78 Å². The molecule has 0 radical (unpaired) electrons. The Morgan fingerprint density at radius 1 is 1.41 bits per heavy atom. The molecule has 1 aromatic carbocycles. The molecule has 0 aliphatic carbocycles. The second kappa shape index (κ2) is 5.06. The molecule has 90 valence electrons. The van der Waals surface area contributed by atoms with E-state index < -0.39 is 0 Å². The minimum atomic E-state index is -0.200. The summed E-state index contributed by atoms with van der Waals surface area (Å²) in [6.07, 6.45) is 3.63. The highest BCUT2D eigenvalue weighted by molar-refractivity contribution is 6.35. The highest BCUT2D eigenvalue weighted by atomic mass is 35.5. The Balaban J connectivity index is 2.42. The second-order valence-electron chi connectivity index (χ2n) is 3.71. The lowest BCUT2D eigenvalue weighted by Gasteiger charge is -2.16. The lowest BCUT2D eigenvalue weighted by atomic mass is 10.0. The van der Waals surface area contributed by atoms with E-state index in [-0.39, 0.29) is 6.04 Å². The minimum Gasteiger partial charge on any atom is -0.275 e. The fourth-order valence-corrected chi connectivity index (χ4v) is 2.21. The Bertz CT molecular complexity index is 524. The van der Waals surface area contributed by atoms with Crippen molar-refractivity contribution in [2.24, 2.45) is 12.9 Å². The van der Waals surface area contributed by atoms with E-state index in [0.29, 0.717) is 10.0 Å². The van der Waals surface area contributed by atoms with Crippen molar-refractivity contribution in [2.45, 2.75) is 6.04 Å². The number of halogens is 2. The molecule has 1 atom stereocenters. The summed E-state index contributed by atoms with van der Waals surface area (Å²) in [4.78, 5) is 0. The van der Waals surface area contributed by atoms with Crippen LogP contribution < -0.4 is 11.3 Å². The van der Waals surface area contributed by atoms with Crippen molar-refractivity contribution in [2.75, 3.05) is 0 Å². The molecular formula is C11H12Cl2N4. The highest BCUT2D eigenvalue weighted by Gasteiger charge is 2.17. The fraction of sp³-hybridized carbons (Fsp3) is 0.182. The molecule has 1 aromatic heterocycles. The molecule has 0 saturated carbocycles. The predicted molar refractivity (Wildman–Crippen MR) is 68.8 cm³/mol. The van der Waals surface area contributed by atoms with Crippen LogP contribution >= 0.6 is 23.2 Å². The van der Waals surface area contributed by atoms with Crippen molar-refractivity contribution in [3.63, 3.8) is 0 Å². The third-order valence-electron chi connectivity index (χ3n) is 2.50. The molecule has 2 aromatic rings. The van der Waals surface area contributed by atoms with Crippen molar-refractivity contribution < 1.29 is 0 Å². The van der Waals surface area contributed by atoms with E-state index in [1.165, 1.54) is 0 Å². The average molecular weight is 271 g/mol. The lowest BCUT2D eigenvalue weighted by Crippen LogP contribution is -2.28. The quantitative estimate of drug-likeness (QED) is 0.665. The normalized spacial score (nSPS) is 12.7. The molecule has 0 aliphatic rings. The molecular weight excluding hydrogens is 259 g/mol. The molecule has 3 N–H and O–H groups in total. The maximum Gasteiger partial charge on any atom is 0.0755 e. The number of hydrogen-bond donors (Lipinski definition) is 2. The third kappa shape index (κ3) is 2.61. The van der Waals surface area contributed by atoms with Crippen LogP contribution in [-0.2, 0) is 7.05 Å². The van der Waals surface area contributed by atoms with Crippen LogP contribution in [0.25, 0.3) is 0 Å². The number of nitrogens with two attached hydrogens (primary N) is 1. The molecule has 17 heavy (non-hydrogen) atoms. The van der Waals surface area contributed by atoms with Crippen LogP contribution in [0.4, 0.5) is 0 Å². The number of aromatic nitrogens is 2. The number of hydrogen-bond acceptors (Lipinski definition) is 3. The van der Waals surface area contributed by atoms with Crippen molar-refractivity contribution in [3.8, 4) is 0 Å². The molecule has 4 nitrogen and oxygen atoms in total. The van der Waals surface area contributed by atoms with Crippen LogP contribution in [0.2, 0.25) is 10.0 Å². The maximum atomic E-state index is 6.15. The molecule has 0 saturated heterocycles. The molecule has 0 amide bonds. The fourth-order valence-electron chi connectivity index (χ4n) is 1.69. The van der Waals surface area contributed by atoms with Gasteiger partial charge in [0.2, 0.25) is 0 Å². The first kappa shape index (κ1) is 12.4. The largest absolute Gasteiger partial charge is 0.275 e. The van der Waals surface area contributed by atoms with Gasteiger partial charge in [0.25, 0.3) is 0 Å². The number of benzene rings is 1. The maximum absolute atomic E-state index is 6.15. The van der Waals surface area contributed by atoms with Crippen molar-refractivity contribution in [1.29, 1.82) is 0 Å². The van der Waals surface area contributed by atoms with E-state index in [1.807, 2.05) is 19.3 Å². The monoisotopic (exact) mass is 270 g/mol. The average Bonchev–Trinajstić information content (AvgIpc) is 2.69. The molecule has 0 spiro atoms. The summed E-state index contributed by atoms with van der Waals surface area (Å²) < 4.78 is 1.71. The van der Waals surface area contributed by atoms with Crippen molar-refractivity contribution in [3.05, 3.63) is 51.8 Å². The lowest BCUT2D eigenvalue weighted by molar-refractivity contribution is 0.636. The van der Waals surface area contributed by atoms with E-state index in [1.54, 1.807) is 23.0 Å². The van der Waals surface area contributed by atoms with Gasteiger partial charge in [-0.2, -0.15) is 5.10 Å². The van der Waals surface area contributed by atoms with Crippen LogP contribution in [0.15, 0.2) is 30.6 Å². The number of aryl methyl sites for hydroxylation is 1. The first-order valence-corrected chi connectivity index (χ1v) is 5.77. The van der Waals surface area contributed by atoms with E-state index in [0.717, 1.165) is 11.1 Å². The standard InChI is InChI=1S/C11H12Cl2N4/c1-17-6-7(5-15-17)11(16-14)9-3-2-8(12)4-10(9)13/h2-6,11,16H,14H2,1H3. The molecule has 1 unspecified atom stereocenters. The van der Waals surface area contributed by atoms with Gasteiger partial charge in [0, 0.05) is 28.9 Å². The zero-order chi connectivity index (χ0) is 12.4. The topological polar surface area (TPSA) is 55.9 Å². The van der Waals surface area contributed by atoms with Crippen molar-refractivity contribution >= 4 is 23.2 Å². The predicted octanol–water partition coefficient (Wildman–Crippen LogP) is 2.28. The van der Waals surface area contributed by atoms with Gasteiger partial charge in [-0.3, -0.25) is 10.5 Å². The SMILES string of the molecule is Cn1cc(C(NN)c2ccc(Cl)cc2Cl)cn1. The van der Waals surface area contributed by atoms with E-state index in [2.05, 4.69) is 10.5 Å². The molecule has 6 heteroatoms. The van der Waals surface area contributed by atoms with E-state index >= 15 is 0 Å². The zero-order valence-corrected chi connectivity index (χ0v) is 10.7. The second-order valence-corrected chi connectivity index (χ2v) is 4.56. The Kier molecular flexibility index (Phi) is 3.69. The first-order valence-electron chi connectivity index (χ1n) is 5.01. The van der Waals surface area contributed by atoms with E-state index in [4.69, 9.17) is 29.0 Å². The smallest absolute Gasteiger partial charge is 0.0755 e. The van der Waals surface area contributed by atoms with Crippen LogP contribution in [0.1, 0.15) is 17.2 Å². The highest BCUT2D eigenvalue weighted by Crippen LogP contribution is 2.29. The van der Waals surface area contributed by atoms with Gasteiger partial charge in [-0.05, 0) is 17.7 Å². The summed E-state index contributed by atoms with van der Waals surface area (Å²) in [7, 11) is 1.85. The number of nitrogens with zero attached hydrogens (tertiary/aromatic N) is 2. The molecule has 0 bridgehead atoms. The summed E-state index contributed by atoms with van der Waals surface area (Å²) in [6.45, 7) is 0. The van der Waals surface area contributed by atoms with Gasteiger partial charge < -0.3 is 0 Å². The van der Waals surface area contributed by atoms with Gasteiger partial charge in [0.15, 0.2) is 0 Å². The zero-order valence-electron chi connectivity index (χ0n) is 9.19. The van der Waals surface area contributed by atoms with Gasteiger partial charge in [0.05, 0.1) is 12.2 Å². The van der Waals surface area contributed by atoms with Gasteiger partial charge in [-0.25, -0.2) is 5.43 Å². The molecule has 0 fully saturated rings. The van der Waals surface area contributed by atoms with Gasteiger partial charge in [0.1, 0.15) is 0 Å². The molecule has 2 rings (SSSR count). The first-order chi connectivity index (χ1) is 8.11. The van der Waals surface area contributed by atoms with Crippen LogP contribution in [0, 0.1) is 0 Å². The Hall–Kier alpha value is -1.07. The summed E-state index contributed by atoms with van der Waals surface area (Å²) in [5.41, 5.74) is 4.54. The third-order valence-corrected chi connectivity index (χ3v) is 3.06. The minimum absolute atomic E-state index is 0.200. The van der Waals surface area contributed by atoms with Crippen LogP contribution in [0.3, 0.4) is 0 Å². The summed E-state index contributed by atoms with van der Waals surface area (Å²) >= 11 is 12.0. The van der Waals surface area contributed by atoms with Gasteiger partial charge >= 0.3 is 0 Å². The summed E-state index contributed by atoms with van der Waals surface area (Å²) in [5.74, 6) is 5.57.